The first-order valence-electron chi connectivity index (χ1n) is 11.5. The summed E-state index contributed by atoms with van der Waals surface area (Å²) in [5.41, 5.74) is 3.13. The van der Waals surface area contributed by atoms with Gasteiger partial charge in [-0.05, 0) is 30.2 Å². The second-order valence-corrected chi connectivity index (χ2v) is 8.32. The van der Waals surface area contributed by atoms with E-state index in [0.29, 0.717) is 16.9 Å². The number of aromatic nitrogens is 4. The normalized spacial score (nSPS) is 11.1. The highest BCUT2D eigenvalue weighted by Gasteiger charge is 2.18. The van der Waals surface area contributed by atoms with Crippen molar-refractivity contribution in [3.63, 3.8) is 0 Å². The Labute approximate surface area is 202 Å². The largest absolute Gasteiger partial charge is 0.345 e. The highest BCUT2D eigenvalue weighted by molar-refractivity contribution is 5.77. The Morgan fingerprint density at radius 1 is 0.886 bits per heavy atom. The molecule has 3 aromatic carbocycles. The van der Waals surface area contributed by atoms with E-state index in [0.717, 1.165) is 16.8 Å². The van der Waals surface area contributed by atoms with Crippen LogP contribution in [0.25, 0.3) is 16.7 Å². The predicted molar refractivity (Wildman–Crippen MR) is 135 cm³/mol. The fraction of sp³-hybridized carbons (Fsp3) is 0.143. The maximum Gasteiger partial charge on any atom is 0.264 e. The Bertz CT molecular complexity index is 1470. The van der Waals surface area contributed by atoms with E-state index in [-0.39, 0.29) is 30.5 Å². The van der Waals surface area contributed by atoms with Crippen molar-refractivity contribution in [2.24, 2.45) is 0 Å². The third kappa shape index (κ3) is 4.61. The zero-order valence-electron chi connectivity index (χ0n) is 19.3. The summed E-state index contributed by atoms with van der Waals surface area (Å²) in [7, 11) is 0. The monoisotopic (exact) mass is 463 g/mol. The Morgan fingerprint density at radius 2 is 1.46 bits per heavy atom. The molecule has 2 aromatic heterocycles. The van der Waals surface area contributed by atoms with E-state index in [1.807, 2.05) is 91.0 Å². The van der Waals surface area contributed by atoms with Crippen molar-refractivity contribution in [2.45, 2.75) is 25.9 Å². The van der Waals surface area contributed by atoms with Gasteiger partial charge in [-0.25, -0.2) is 9.67 Å². The van der Waals surface area contributed by atoms with Gasteiger partial charge in [-0.3, -0.25) is 14.2 Å². The lowest BCUT2D eigenvalue weighted by atomic mass is 9.98. The number of carbonyl (C=O) groups excluding carboxylic acids is 1. The second-order valence-electron chi connectivity index (χ2n) is 8.32. The zero-order valence-corrected chi connectivity index (χ0v) is 19.3. The van der Waals surface area contributed by atoms with Gasteiger partial charge in [-0.15, -0.1) is 0 Å². The molecule has 1 amide bonds. The van der Waals surface area contributed by atoms with Crippen LogP contribution in [0.5, 0.6) is 0 Å². The Balaban J connectivity index is 1.37. The van der Waals surface area contributed by atoms with Gasteiger partial charge in [0, 0.05) is 13.0 Å². The van der Waals surface area contributed by atoms with Gasteiger partial charge < -0.3 is 5.32 Å². The average molecular weight is 464 g/mol. The molecule has 0 bridgehead atoms. The SMILES string of the molecule is Cc1nc2c(cnn2-c2ccccc2)c(=O)n1CCC(=O)NC(c1ccccc1)c1ccccc1. The second kappa shape index (κ2) is 9.77. The molecule has 5 rings (SSSR count). The van der Waals surface area contributed by atoms with E-state index >= 15 is 0 Å². The van der Waals surface area contributed by atoms with Gasteiger partial charge in [-0.2, -0.15) is 5.10 Å². The lowest BCUT2D eigenvalue weighted by Gasteiger charge is -2.20. The first-order valence-corrected chi connectivity index (χ1v) is 11.5. The van der Waals surface area contributed by atoms with E-state index in [1.54, 1.807) is 16.2 Å². The third-order valence-electron chi connectivity index (χ3n) is 6.01. The molecule has 0 spiro atoms. The molecule has 0 aliphatic carbocycles. The summed E-state index contributed by atoms with van der Waals surface area (Å²) in [4.78, 5) is 30.8. The van der Waals surface area contributed by atoms with Crippen molar-refractivity contribution < 1.29 is 4.79 Å². The molecule has 0 fully saturated rings. The fourth-order valence-corrected chi connectivity index (χ4v) is 4.22. The van der Waals surface area contributed by atoms with Crippen LogP contribution in [0.1, 0.15) is 29.4 Å². The maximum absolute atomic E-state index is 13.2. The topological polar surface area (TPSA) is 81.8 Å². The highest BCUT2D eigenvalue weighted by atomic mass is 16.2. The molecule has 174 valence electrons. The van der Waals surface area contributed by atoms with Crippen molar-refractivity contribution in [1.82, 2.24) is 24.6 Å². The highest BCUT2D eigenvalue weighted by Crippen LogP contribution is 2.22. The molecule has 7 heteroatoms. The number of aryl methyl sites for hydroxylation is 1. The number of nitrogens with zero attached hydrogens (tertiary/aromatic N) is 4. The van der Waals surface area contributed by atoms with Gasteiger partial charge in [0.1, 0.15) is 11.2 Å². The molecule has 0 saturated carbocycles. The van der Waals surface area contributed by atoms with E-state index < -0.39 is 0 Å². The Kier molecular flexibility index (Phi) is 6.22. The Morgan fingerprint density at radius 3 is 2.06 bits per heavy atom. The fourth-order valence-electron chi connectivity index (χ4n) is 4.22. The zero-order chi connectivity index (χ0) is 24.2. The average Bonchev–Trinajstić information content (AvgIpc) is 3.32. The predicted octanol–water partition coefficient (Wildman–Crippen LogP) is 4.19. The number of hydrogen-bond donors (Lipinski definition) is 1. The van der Waals surface area contributed by atoms with E-state index in [9.17, 15) is 9.59 Å². The number of amides is 1. The summed E-state index contributed by atoms with van der Waals surface area (Å²) in [6, 6.07) is 29.0. The number of para-hydroxylation sites is 1. The molecule has 0 radical (unpaired) electrons. The molecule has 35 heavy (non-hydrogen) atoms. The minimum absolute atomic E-state index is 0.144. The number of hydrogen-bond acceptors (Lipinski definition) is 4. The van der Waals surface area contributed by atoms with Crippen LogP contribution < -0.4 is 10.9 Å². The Hall–Kier alpha value is -4.52. The first-order chi connectivity index (χ1) is 17.1. The van der Waals surface area contributed by atoms with Crippen LogP contribution in [0.15, 0.2) is 102 Å². The molecule has 0 saturated heterocycles. The smallest absolute Gasteiger partial charge is 0.264 e. The minimum atomic E-state index is -0.271. The number of carbonyl (C=O) groups is 1. The van der Waals surface area contributed by atoms with Crippen LogP contribution in [0, 0.1) is 6.92 Å². The summed E-state index contributed by atoms with van der Waals surface area (Å²) < 4.78 is 3.20. The molecule has 0 aliphatic heterocycles. The summed E-state index contributed by atoms with van der Waals surface area (Å²) in [5.74, 6) is 0.393. The molecule has 0 unspecified atom stereocenters. The quantitative estimate of drug-likeness (QED) is 0.393. The molecular weight excluding hydrogens is 438 g/mol. The molecular formula is C28H25N5O2. The summed E-state index contributed by atoms with van der Waals surface area (Å²) in [6.07, 6.45) is 1.69. The van der Waals surface area contributed by atoms with Gasteiger partial charge in [0.05, 0.1) is 17.9 Å². The molecule has 0 aliphatic rings. The summed E-state index contributed by atoms with van der Waals surface area (Å²) >= 11 is 0. The van der Waals surface area contributed by atoms with Crippen LogP contribution in [-0.4, -0.2) is 25.2 Å². The van der Waals surface area contributed by atoms with E-state index in [1.165, 1.54) is 6.20 Å². The van der Waals surface area contributed by atoms with Crippen LogP contribution in [0.2, 0.25) is 0 Å². The number of rotatable bonds is 7. The molecule has 2 heterocycles. The van der Waals surface area contributed by atoms with Crippen molar-refractivity contribution in [3.05, 3.63) is 124 Å². The van der Waals surface area contributed by atoms with E-state index in [4.69, 9.17) is 0 Å². The van der Waals surface area contributed by atoms with Crippen molar-refractivity contribution in [3.8, 4) is 5.69 Å². The number of benzene rings is 3. The van der Waals surface area contributed by atoms with Crippen LogP contribution in [0.3, 0.4) is 0 Å². The van der Waals surface area contributed by atoms with E-state index in [2.05, 4.69) is 15.4 Å². The third-order valence-corrected chi connectivity index (χ3v) is 6.01. The van der Waals surface area contributed by atoms with Crippen molar-refractivity contribution in [1.29, 1.82) is 0 Å². The molecule has 1 N–H and O–H groups in total. The number of nitrogens with one attached hydrogen (secondary N) is 1. The van der Waals surface area contributed by atoms with Crippen molar-refractivity contribution in [2.75, 3.05) is 0 Å². The minimum Gasteiger partial charge on any atom is -0.345 e. The standard InChI is InChI=1S/C28H25N5O2/c1-20-30-27-24(19-29-33(27)23-15-9-4-10-16-23)28(35)32(20)18-17-25(34)31-26(21-11-5-2-6-12-21)22-13-7-3-8-14-22/h2-16,19,26H,17-18H2,1H3,(H,31,34). The van der Waals surface area contributed by atoms with Crippen molar-refractivity contribution >= 4 is 16.9 Å². The van der Waals surface area contributed by atoms with Crippen LogP contribution in [-0.2, 0) is 11.3 Å². The molecule has 5 aromatic rings. The van der Waals surface area contributed by atoms with Gasteiger partial charge in [0.15, 0.2) is 5.65 Å². The first kappa shape index (κ1) is 22.3. The van der Waals surface area contributed by atoms with Crippen LogP contribution >= 0.6 is 0 Å². The lowest BCUT2D eigenvalue weighted by Crippen LogP contribution is -2.32. The lowest BCUT2D eigenvalue weighted by molar-refractivity contribution is -0.121. The molecule has 0 atom stereocenters. The summed E-state index contributed by atoms with van der Waals surface area (Å²) in [6.45, 7) is 2.00. The van der Waals surface area contributed by atoms with Crippen LogP contribution in [0.4, 0.5) is 0 Å². The number of fused-ring (bicyclic) bond motifs is 1. The molecule has 7 nitrogen and oxygen atoms in total. The maximum atomic E-state index is 13.2. The van der Waals surface area contributed by atoms with Gasteiger partial charge in [0.25, 0.3) is 5.56 Å². The van der Waals surface area contributed by atoms with Gasteiger partial charge >= 0.3 is 0 Å². The van der Waals surface area contributed by atoms with Gasteiger partial charge in [0.2, 0.25) is 5.91 Å². The van der Waals surface area contributed by atoms with Gasteiger partial charge in [-0.1, -0.05) is 78.9 Å². The summed E-state index contributed by atoms with van der Waals surface area (Å²) in [5, 5.41) is 7.92.